The van der Waals surface area contributed by atoms with E-state index in [0.717, 1.165) is 5.56 Å². The third-order valence-electron chi connectivity index (χ3n) is 6.50. The van der Waals surface area contributed by atoms with Crippen LogP contribution >= 0.6 is 0 Å². The third-order valence-corrected chi connectivity index (χ3v) is 6.50. The van der Waals surface area contributed by atoms with Crippen LogP contribution in [0, 0.1) is 17.1 Å². The summed E-state index contributed by atoms with van der Waals surface area (Å²) in [5, 5.41) is 18.9. The normalized spacial score (nSPS) is 14.2. The molecular weight excluding hydrogens is 471 g/mol. The number of anilines is 1. The first-order valence-electron chi connectivity index (χ1n) is 12.3. The van der Waals surface area contributed by atoms with Crippen LogP contribution in [-0.4, -0.2) is 45.8 Å². The fourth-order valence-electron chi connectivity index (χ4n) is 4.73. The molecule has 0 saturated carbocycles. The van der Waals surface area contributed by atoms with Gasteiger partial charge in [0.05, 0.1) is 11.3 Å². The Bertz CT molecular complexity index is 1290. The lowest BCUT2D eigenvalue weighted by Crippen LogP contribution is -2.54. The molecule has 1 aliphatic rings. The molecule has 1 aliphatic heterocycles. The molecule has 0 atom stereocenters. The number of amides is 1. The number of nitrogens with zero attached hydrogens (tertiary/aromatic N) is 4. The maximum atomic E-state index is 14.4. The molecule has 1 aromatic heterocycles. The molecule has 0 unspecified atom stereocenters. The Morgan fingerprint density at radius 3 is 2.46 bits per heavy atom. The molecule has 0 spiro atoms. The highest BCUT2D eigenvalue weighted by Crippen LogP contribution is 2.32. The van der Waals surface area contributed by atoms with Gasteiger partial charge in [-0.25, -0.2) is 14.2 Å². The smallest absolute Gasteiger partial charge is 0.407 e. The summed E-state index contributed by atoms with van der Waals surface area (Å²) in [6.45, 7) is 7.34. The van der Waals surface area contributed by atoms with Crippen molar-refractivity contribution >= 4 is 11.9 Å². The second-order valence-electron chi connectivity index (χ2n) is 10.2. The van der Waals surface area contributed by atoms with Crippen molar-refractivity contribution in [2.45, 2.75) is 51.8 Å². The Morgan fingerprint density at radius 2 is 1.86 bits per heavy atom. The fourth-order valence-corrected chi connectivity index (χ4v) is 4.73. The van der Waals surface area contributed by atoms with Gasteiger partial charge in [-0.05, 0) is 51.3 Å². The van der Waals surface area contributed by atoms with Gasteiger partial charge in [0.25, 0.3) is 0 Å². The third kappa shape index (κ3) is 6.18. The molecule has 1 amide bonds. The summed E-state index contributed by atoms with van der Waals surface area (Å²) < 4.78 is 20.5. The lowest BCUT2D eigenvalue weighted by atomic mass is 9.97. The van der Waals surface area contributed by atoms with E-state index >= 15 is 0 Å². The first kappa shape index (κ1) is 26.0. The van der Waals surface area contributed by atoms with Gasteiger partial charge < -0.3 is 19.6 Å². The van der Waals surface area contributed by atoms with Gasteiger partial charge in [-0.3, -0.25) is 0 Å². The van der Waals surface area contributed by atoms with E-state index in [4.69, 9.17) is 15.0 Å². The van der Waals surface area contributed by atoms with Crippen LogP contribution in [0.3, 0.4) is 0 Å². The molecule has 2 aromatic carbocycles. The van der Waals surface area contributed by atoms with Gasteiger partial charge in [-0.1, -0.05) is 36.4 Å². The van der Waals surface area contributed by atoms with Gasteiger partial charge in [0, 0.05) is 42.4 Å². The topological polar surface area (TPSA) is 89.7 Å². The summed E-state index contributed by atoms with van der Waals surface area (Å²) in [6, 6.07) is 19.6. The number of hydrogen-bond donors (Lipinski definition) is 1. The number of ether oxygens (including phenoxy) is 1. The summed E-state index contributed by atoms with van der Waals surface area (Å²) in [7, 11) is 0. The quantitative estimate of drug-likeness (QED) is 0.439. The molecule has 4 rings (SSSR count). The van der Waals surface area contributed by atoms with Gasteiger partial charge in [-0.15, -0.1) is 0 Å². The van der Waals surface area contributed by atoms with Crippen LogP contribution in [-0.2, 0) is 6.61 Å². The number of benzene rings is 2. The summed E-state index contributed by atoms with van der Waals surface area (Å²) in [5.74, 6) is 0.676. The molecular formula is C29H31FN4O3. The van der Waals surface area contributed by atoms with Crippen molar-refractivity contribution < 1.29 is 19.0 Å². The number of piperidine rings is 1. The predicted octanol–water partition coefficient (Wildman–Crippen LogP) is 6.09. The Balaban J connectivity index is 1.61. The molecule has 0 radical (unpaired) electrons. The minimum Gasteiger partial charge on any atom is -0.489 e. The molecule has 1 N–H and O–H groups in total. The number of hydrogen-bond acceptors (Lipinski definition) is 5. The second kappa shape index (κ2) is 10.9. The van der Waals surface area contributed by atoms with E-state index in [1.165, 1.54) is 12.1 Å². The zero-order chi connectivity index (χ0) is 26.6. The minimum atomic E-state index is -0.912. The summed E-state index contributed by atoms with van der Waals surface area (Å²) in [4.78, 5) is 20.4. The first-order chi connectivity index (χ1) is 17.7. The number of carbonyl (C=O) groups is 1. The first-order valence-corrected chi connectivity index (χ1v) is 12.3. The average molecular weight is 503 g/mol. The lowest BCUT2D eigenvalue weighted by Gasteiger charge is -2.43. The van der Waals surface area contributed by atoms with E-state index in [-0.39, 0.29) is 11.6 Å². The van der Waals surface area contributed by atoms with Crippen molar-refractivity contribution in [2.24, 2.45) is 0 Å². The van der Waals surface area contributed by atoms with Gasteiger partial charge in [0.2, 0.25) is 0 Å². The zero-order valence-corrected chi connectivity index (χ0v) is 21.3. The maximum Gasteiger partial charge on any atom is 0.407 e. The van der Waals surface area contributed by atoms with Gasteiger partial charge in [0.15, 0.2) is 0 Å². The van der Waals surface area contributed by atoms with Crippen LogP contribution in [0.2, 0.25) is 0 Å². The van der Waals surface area contributed by atoms with E-state index in [9.17, 15) is 14.3 Å². The fraction of sp³-hybridized carbons (Fsp3) is 0.345. The molecule has 1 fully saturated rings. The summed E-state index contributed by atoms with van der Waals surface area (Å²) in [5.41, 5.74) is 1.58. The molecule has 7 nitrogen and oxygen atoms in total. The number of carboxylic acid groups (broad SMARTS) is 1. The van der Waals surface area contributed by atoms with E-state index in [1.54, 1.807) is 17.0 Å². The van der Waals surface area contributed by atoms with Gasteiger partial charge >= 0.3 is 6.09 Å². The molecule has 8 heteroatoms. The molecule has 2 heterocycles. The van der Waals surface area contributed by atoms with Crippen LogP contribution in [0.25, 0.3) is 11.3 Å². The predicted molar refractivity (Wildman–Crippen MR) is 140 cm³/mol. The van der Waals surface area contributed by atoms with E-state index < -0.39 is 17.4 Å². The Kier molecular flexibility index (Phi) is 7.63. The van der Waals surface area contributed by atoms with Crippen LogP contribution in [0.5, 0.6) is 5.75 Å². The number of rotatable bonds is 6. The summed E-state index contributed by atoms with van der Waals surface area (Å²) in [6.07, 6.45) is 0.424. The highest BCUT2D eigenvalue weighted by Gasteiger charge is 2.35. The van der Waals surface area contributed by atoms with Crippen molar-refractivity contribution in [3.05, 3.63) is 77.6 Å². The Morgan fingerprint density at radius 1 is 1.16 bits per heavy atom. The monoisotopic (exact) mass is 502 g/mol. The number of halogens is 1. The minimum absolute atomic E-state index is 0.0237. The largest absolute Gasteiger partial charge is 0.489 e. The molecule has 1 saturated heterocycles. The molecule has 3 aromatic rings. The van der Waals surface area contributed by atoms with E-state index in [2.05, 4.69) is 4.90 Å². The molecule has 0 bridgehead atoms. The summed E-state index contributed by atoms with van der Waals surface area (Å²) >= 11 is 0. The number of aromatic nitrogens is 1. The van der Waals surface area contributed by atoms with Crippen molar-refractivity contribution in [3.8, 4) is 23.1 Å². The van der Waals surface area contributed by atoms with Crippen LogP contribution < -0.4 is 9.64 Å². The molecule has 0 aliphatic carbocycles. The zero-order valence-electron chi connectivity index (χ0n) is 21.3. The Hall–Kier alpha value is -4.12. The van der Waals surface area contributed by atoms with E-state index in [0.29, 0.717) is 55.4 Å². The van der Waals surface area contributed by atoms with Gasteiger partial charge in [0.1, 0.15) is 30.1 Å². The number of pyridine rings is 1. The lowest BCUT2D eigenvalue weighted by molar-refractivity contribution is 0.0616. The SMILES string of the molecule is CC(C)(C)N(C(=O)O)C1CCN(c2cc(OCc3ccccc3)cc(-c3ccc(C#N)c(F)c3)n2)CC1. The maximum absolute atomic E-state index is 14.4. The van der Waals surface area contributed by atoms with Crippen LogP contribution in [0.15, 0.2) is 60.7 Å². The second-order valence-corrected chi connectivity index (χ2v) is 10.2. The van der Waals surface area contributed by atoms with Crippen molar-refractivity contribution in [1.82, 2.24) is 9.88 Å². The molecule has 192 valence electrons. The van der Waals surface area contributed by atoms with Crippen LogP contribution in [0.1, 0.15) is 44.7 Å². The standard InChI is InChI=1S/C29H31FN4O3/c1-29(2,3)34(28(35)36)23-11-13-33(14-12-23)27-17-24(37-19-20-7-5-4-6-8-20)16-26(32-27)21-9-10-22(18-31)25(30)15-21/h4-10,15-17,23H,11-14,19H2,1-3H3,(H,35,36). The van der Waals surface area contributed by atoms with Crippen LogP contribution in [0.4, 0.5) is 15.0 Å². The average Bonchev–Trinajstić information content (AvgIpc) is 2.87. The number of nitriles is 1. The highest BCUT2D eigenvalue weighted by molar-refractivity contribution is 5.67. The van der Waals surface area contributed by atoms with Crippen molar-refractivity contribution in [1.29, 1.82) is 5.26 Å². The van der Waals surface area contributed by atoms with Crippen molar-refractivity contribution in [2.75, 3.05) is 18.0 Å². The molecule has 37 heavy (non-hydrogen) atoms. The highest BCUT2D eigenvalue weighted by atomic mass is 19.1. The Labute approximate surface area is 216 Å². The van der Waals surface area contributed by atoms with Crippen molar-refractivity contribution in [3.63, 3.8) is 0 Å². The van der Waals surface area contributed by atoms with E-state index in [1.807, 2.05) is 63.2 Å². The van der Waals surface area contributed by atoms with Gasteiger partial charge in [-0.2, -0.15) is 5.26 Å².